The predicted molar refractivity (Wildman–Crippen MR) is 294 cm³/mol. The number of allylic oxidation sites excluding steroid dienone is 2. The smallest absolute Gasteiger partial charge is 0.349 e. The van der Waals surface area contributed by atoms with E-state index in [0.717, 1.165) is 103 Å². The van der Waals surface area contributed by atoms with Gasteiger partial charge in [-0.1, -0.05) is 170 Å². The summed E-state index contributed by atoms with van der Waals surface area (Å²) in [6.07, 6.45) is -3.83. The molecule has 8 aromatic carbocycles. The van der Waals surface area contributed by atoms with E-state index < -0.39 is 23.5 Å². The number of fused-ring (bicyclic) bond motifs is 1. The van der Waals surface area contributed by atoms with Crippen LogP contribution < -0.4 is 0 Å². The summed E-state index contributed by atoms with van der Waals surface area (Å²) in [4.78, 5) is 13.9. The summed E-state index contributed by atoms with van der Waals surface area (Å²) in [5.41, 5.74) is 15.2. The van der Waals surface area contributed by atoms with Gasteiger partial charge in [-0.3, -0.25) is 0 Å². The SMILES string of the molecule is CC#N.CC1=C(c2ccccc2)/C(=C\c2cccc(C)c2-c2c(C)ccc3ccccc23)N=C1c1ccc(C(F)(F)F)cc1.CC=O.Cn1cc(-c2ccccc2)c(-c2ccccc2)c1-c1ccc(C(F)(F)F)cc1. The third kappa shape index (κ3) is 12.3. The molecule has 0 bridgehead atoms. The van der Waals surface area contributed by atoms with E-state index in [1.165, 1.54) is 47.9 Å². The fourth-order valence-corrected chi connectivity index (χ4v) is 9.28. The standard InChI is InChI=1S/C37H28F3N.C24H18F3N.C2H3N.C2H4O/c1-23-10-9-14-29(33(23)34-24(2)16-17-26-11-7-8-15-31(26)34)22-32-35(27-12-5-4-6-13-27)25(3)36(41-32)28-18-20-30(21-19-28)37(38,39)40;1-28-16-21(17-8-4-2-5-9-17)22(18-10-6-3-7-11-18)23(28)19-12-14-20(15-13-19)24(25,26)27;2*1-2-3/h4-22H,1-3H3;2-16H,1H3;1H3;2H,1H3/b32-22+;;;. The summed E-state index contributed by atoms with van der Waals surface area (Å²) >= 11 is 0. The monoisotopic (exact) mass is 1010 g/mol. The van der Waals surface area contributed by atoms with Gasteiger partial charge in [0.1, 0.15) is 6.29 Å². The first kappa shape index (κ1) is 54.0. The van der Waals surface area contributed by atoms with Gasteiger partial charge in [0, 0.05) is 42.4 Å². The third-order valence-corrected chi connectivity index (χ3v) is 12.6. The lowest BCUT2D eigenvalue weighted by molar-refractivity contribution is -0.138. The van der Waals surface area contributed by atoms with E-state index in [4.69, 9.17) is 15.0 Å². The first-order chi connectivity index (χ1) is 36.0. The minimum absolute atomic E-state index is 0.644. The molecule has 376 valence electrons. The van der Waals surface area contributed by atoms with Crippen molar-refractivity contribution in [2.24, 2.45) is 12.0 Å². The van der Waals surface area contributed by atoms with Crippen molar-refractivity contribution in [3.8, 4) is 50.7 Å². The highest BCUT2D eigenvalue weighted by atomic mass is 19.4. The molecule has 1 aliphatic heterocycles. The molecule has 0 unspecified atom stereocenters. The molecule has 75 heavy (non-hydrogen) atoms. The molecule has 0 radical (unpaired) electrons. The number of aliphatic imine (C=N–C) groups is 1. The molecule has 9 aromatic rings. The molecule has 0 N–H and O–H groups in total. The van der Waals surface area contributed by atoms with E-state index >= 15 is 0 Å². The minimum Gasteiger partial charge on any atom is -0.349 e. The van der Waals surface area contributed by atoms with Crippen molar-refractivity contribution in [3.05, 3.63) is 251 Å². The van der Waals surface area contributed by atoms with Crippen LogP contribution in [0.4, 0.5) is 26.3 Å². The lowest BCUT2D eigenvalue weighted by Crippen LogP contribution is -2.06. The van der Waals surface area contributed by atoms with Crippen LogP contribution >= 0.6 is 0 Å². The number of aldehydes is 1. The molecule has 0 fully saturated rings. The van der Waals surface area contributed by atoms with Crippen LogP contribution in [0.3, 0.4) is 0 Å². The number of nitrogens with zero attached hydrogens (tertiary/aromatic N) is 3. The van der Waals surface area contributed by atoms with Crippen LogP contribution in [0.25, 0.3) is 67.1 Å². The maximum absolute atomic E-state index is 13.2. The Bertz CT molecular complexity index is 3560. The van der Waals surface area contributed by atoms with Gasteiger partial charge in [-0.25, -0.2) is 4.99 Å². The Morgan fingerprint density at radius 2 is 1.01 bits per heavy atom. The first-order valence-electron chi connectivity index (χ1n) is 24.0. The molecule has 2 heterocycles. The molecule has 0 spiro atoms. The molecule has 1 aliphatic rings. The Kier molecular flexibility index (Phi) is 17.1. The van der Waals surface area contributed by atoms with Crippen LogP contribution in [0.1, 0.15) is 59.7 Å². The highest BCUT2D eigenvalue weighted by Crippen LogP contribution is 2.44. The summed E-state index contributed by atoms with van der Waals surface area (Å²) in [5, 5.41) is 9.69. The molecular weight excluding hydrogens is 953 g/mol. The van der Waals surface area contributed by atoms with Crippen molar-refractivity contribution < 1.29 is 31.1 Å². The number of benzene rings is 8. The van der Waals surface area contributed by atoms with Gasteiger partial charge >= 0.3 is 12.4 Å². The van der Waals surface area contributed by atoms with E-state index in [1.54, 1.807) is 18.2 Å². The number of aryl methyl sites for hydroxylation is 3. The normalized spacial score (nSPS) is 12.6. The van der Waals surface area contributed by atoms with Crippen molar-refractivity contribution in [1.29, 1.82) is 5.26 Å². The van der Waals surface area contributed by atoms with Crippen LogP contribution in [-0.2, 0) is 24.2 Å². The maximum atomic E-state index is 13.2. The van der Waals surface area contributed by atoms with Crippen LogP contribution in [0.15, 0.2) is 217 Å². The van der Waals surface area contributed by atoms with Crippen molar-refractivity contribution >= 4 is 34.4 Å². The molecular formula is C65H53F6N3O. The Balaban J connectivity index is 0.000000209. The number of rotatable bonds is 7. The average molecular weight is 1010 g/mol. The molecule has 0 amide bonds. The molecule has 10 rings (SSSR count). The summed E-state index contributed by atoms with van der Waals surface area (Å²) < 4.78 is 80.6. The zero-order valence-electron chi connectivity index (χ0n) is 42.2. The Morgan fingerprint density at radius 3 is 1.56 bits per heavy atom. The first-order valence-corrected chi connectivity index (χ1v) is 24.0. The fraction of sp³-hybridized carbons (Fsp3) is 0.123. The lowest BCUT2D eigenvalue weighted by atomic mass is 9.87. The second-order valence-electron chi connectivity index (χ2n) is 17.6. The Morgan fingerprint density at radius 1 is 0.533 bits per heavy atom. The molecule has 1 aromatic heterocycles. The lowest BCUT2D eigenvalue weighted by Gasteiger charge is -2.17. The van der Waals surface area contributed by atoms with Gasteiger partial charge in [0.15, 0.2) is 0 Å². The van der Waals surface area contributed by atoms with Gasteiger partial charge in [-0.2, -0.15) is 31.6 Å². The van der Waals surface area contributed by atoms with Crippen LogP contribution in [-0.4, -0.2) is 16.6 Å². The minimum atomic E-state index is -4.39. The van der Waals surface area contributed by atoms with E-state index in [-0.39, 0.29) is 0 Å². The van der Waals surface area contributed by atoms with E-state index in [0.29, 0.717) is 11.3 Å². The van der Waals surface area contributed by atoms with Gasteiger partial charge in [0.25, 0.3) is 0 Å². The number of hydrogen-bond acceptors (Lipinski definition) is 3. The van der Waals surface area contributed by atoms with Gasteiger partial charge in [0.05, 0.1) is 34.3 Å². The summed E-state index contributed by atoms with van der Waals surface area (Å²) in [7, 11) is 1.92. The van der Waals surface area contributed by atoms with Gasteiger partial charge in [-0.05, 0) is 124 Å². The zero-order valence-corrected chi connectivity index (χ0v) is 42.2. The summed E-state index contributed by atoms with van der Waals surface area (Å²) in [6, 6.07) is 61.4. The summed E-state index contributed by atoms with van der Waals surface area (Å²) in [6.45, 7) is 9.13. The maximum Gasteiger partial charge on any atom is 0.416 e. The van der Waals surface area contributed by atoms with Crippen molar-refractivity contribution in [2.75, 3.05) is 0 Å². The number of halogens is 6. The van der Waals surface area contributed by atoms with E-state index in [9.17, 15) is 26.3 Å². The van der Waals surface area contributed by atoms with Gasteiger partial charge in [0.2, 0.25) is 0 Å². The second kappa shape index (κ2) is 23.8. The Hall–Kier alpha value is -8.81. The molecule has 0 aliphatic carbocycles. The predicted octanol–water partition coefficient (Wildman–Crippen LogP) is 18.2. The molecule has 10 heteroatoms. The number of alkyl halides is 6. The van der Waals surface area contributed by atoms with Crippen molar-refractivity contribution in [1.82, 2.24) is 4.57 Å². The van der Waals surface area contributed by atoms with Crippen LogP contribution in [0.5, 0.6) is 0 Å². The second-order valence-corrected chi connectivity index (χ2v) is 17.6. The molecule has 0 saturated carbocycles. The van der Waals surface area contributed by atoms with Crippen LogP contribution in [0.2, 0.25) is 0 Å². The quantitative estimate of drug-likeness (QED) is 0.118. The number of nitriles is 1. The number of carbonyl (C=O) groups is 1. The van der Waals surface area contributed by atoms with E-state index in [1.807, 2.05) is 116 Å². The van der Waals surface area contributed by atoms with E-state index in [2.05, 4.69) is 74.5 Å². The fourth-order valence-electron chi connectivity index (χ4n) is 9.28. The topological polar surface area (TPSA) is 58.1 Å². The van der Waals surface area contributed by atoms with Gasteiger partial charge < -0.3 is 9.36 Å². The van der Waals surface area contributed by atoms with Crippen molar-refractivity contribution in [2.45, 2.75) is 47.0 Å². The molecule has 0 atom stereocenters. The number of carbonyl (C=O) groups excluding carboxylic acids is 1. The van der Waals surface area contributed by atoms with Crippen molar-refractivity contribution in [3.63, 3.8) is 0 Å². The highest BCUT2D eigenvalue weighted by molar-refractivity contribution is 6.22. The number of hydrogen-bond donors (Lipinski definition) is 0. The zero-order chi connectivity index (χ0) is 53.9. The number of aromatic nitrogens is 1. The van der Waals surface area contributed by atoms with Crippen LogP contribution in [0, 0.1) is 25.2 Å². The third-order valence-electron chi connectivity index (χ3n) is 12.6. The summed E-state index contributed by atoms with van der Waals surface area (Å²) in [5.74, 6) is 0. The Labute approximate surface area is 433 Å². The average Bonchev–Trinajstić information content (AvgIpc) is 3.94. The largest absolute Gasteiger partial charge is 0.416 e. The van der Waals surface area contributed by atoms with Gasteiger partial charge in [-0.15, -0.1) is 0 Å². The molecule has 0 saturated heterocycles. The molecule has 4 nitrogen and oxygen atoms in total. The highest BCUT2D eigenvalue weighted by Gasteiger charge is 2.32.